The van der Waals surface area contributed by atoms with Crippen LogP contribution in [0.15, 0.2) is 39.8 Å². The first kappa shape index (κ1) is 12.0. The Morgan fingerprint density at radius 2 is 2.00 bits per heavy atom. The molecular weight excluding hydrogens is 220 g/mol. The predicted molar refractivity (Wildman–Crippen MR) is 63.8 cm³/mol. The number of para-hydroxylation sites is 1. The number of thioether (sulfide) groups is 1. The van der Waals surface area contributed by atoms with Crippen LogP contribution in [-0.2, 0) is 0 Å². The second kappa shape index (κ2) is 5.69. The maximum Gasteiger partial charge on any atom is 0.0985 e. The summed E-state index contributed by atoms with van der Waals surface area (Å²) in [5, 5.41) is 17.6. The molecule has 0 aliphatic carbocycles. The third kappa shape index (κ3) is 2.94. The molecule has 0 aliphatic heterocycles. The van der Waals surface area contributed by atoms with Crippen molar-refractivity contribution in [1.82, 2.24) is 0 Å². The molecule has 1 rings (SSSR count). The van der Waals surface area contributed by atoms with Crippen LogP contribution in [0.25, 0.3) is 0 Å². The molecule has 0 bridgehead atoms. The Hall–Kier alpha value is -2.11. The highest BCUT2D eigenvalue weighted by Gasteiger charge is 2.06. The SMILES string of the molecule is N#CCC(C#N)=C(N)Sc1ccccc1N. The van der Waals surface area contributed by atoms with Crippen LogP contribution < -0.4 is 11.5 Å². The van der Waals surface area contributed by atoms with Crippen LogP contribution in [0.1, 0.15) is 6.42 Å². The van der Waals surface area contributed by atoms with Crippen LogP contribution in [0.4, 0.5) is 5.69 Å². The lowest BCUT2D eigenvalue weighted by molar-refractivity contribution is 1.24. The van der Waals surface area contributed by atoms with Crippen LogP contribution in [0.2, 0.25) is 0 Å². The van der Waals surface area contributed by atoms with Crippen molar-refractivity contribution < 1.29 is 0 Å². The van der Waals surface area contributed by atoms with Crippen molar-refractivity contribution in [1.29, 1.82) is 10.5 Å². The van der Waals surface area contributed by atoms with E-state index in [0.29, 0.717) is 10.7 Å². The molecule has 0 aromatic heterocycles. The molecule has 80 valence electrons. The van der Waals surface area contributed by atoms with Gasteiger partial charge in [0.1, 0.15) is 0 Å². The molecule has 0 fully saturated rings. The van der Waals surface area contributed by atoms with Gasteiger partial charge in [0.25, 0.3) is 0 Å². The highest BCUT2D eigenvalue weighted by atomic mass is 32.2. The molecule has 0 saturated carbocycles. The van der Waals surface area contributed by atoms with Gasteiger partial charge in [-0.2, -0.15) is 10.5 Å². The van der Waals surface area contributed by atoms with Gasteiger partial charge in [-0.3, -0.25) is 0 Å². The van der Waals surface area contributed by atoms with E-state index in [0.717, 1.165) is 4.90 Å². The summed E-state index contributed by atoms with van der Waals surface area (Å²) in [5.74, 6) is 0. The van der Waals surface area contributed by atoms with E-state index in [1.54, 1.807) is 6.07 Å². The van der Waals surface area contributed by atoms with Gasteiger partial charge in [0.2, 0.25) is 0 Å². The fraction of sp³-hybridized carbons (Fsp3) is 0.0909. The lowest BCUT2D eigenvalue weighted by Crippen LogP contribution is -1.98. The largest absolute Gasteiger partial charge is 0.398 e. The minimum atomic E-state index is 0.0159. The Bertz CT molecular complexity index is 493. The van der Waals surface area contributed by atoms with Gasteiger partial charge in [-0.1, -0.05) is 23.9 Å². The summed E-state index contributed by atoms with van der Waals surface area (Å²) in [6.45, 7) is 0. The van der Waals surface area contributed by atoms with Crippen molar-refractivity contribution in [2.45, 2.75) is 11.3 Å². The highest BCUT2D eigenvalue weighted by molar-refractivity contribution is 8.03. The Morgan fingerprint density at radius 3 is 2.56 bits per heavy atom. The summed E-state index contributed by atoms with van der Waals surface area (Å²) in [7, 11) is 0. The van der Waals surface area contributed by atoms with E-state index in [1.165, 1.54) is 11.8 Å². The van der Waals surface area contributed by atoms with Gasteiger partial charge in [0.05, 0.1) is 29.2 Å². The number of nitrogens with two attached hydrogens (primary N) is 2. The lowest BCUT2D eigenvalue weighted by atomic mass is 10.2. The van der Waals surface area contributed by atoms with Crippen LogP contribution >= 0.6 is 11.8 Å². The van der Waals surface area contributed by atoms with Gasteiger partial charge in [0.15, 0.2) is 0 Å². The highest BCUT2D eigenvalue weighted by Crippen LogP contribution is 2.30. The second-order valence-electron chi connectivity index (χ2n) is 2.93. The molecule has 1 aromatic rings. The van der Waals surface area contributed by atoms with E-state index < -0.39 is 0 Å². The summed E-state index contributed by atoms with van der Waals surface area (Å²) >= 11 is 1.20. The minimum absolute atomic E-state index is 0.0159. The molecule has 0 heterocycles. The van der Waals surface area contributed by atoms with Gasteiger partial charge < -0.3 is 11.5 Å². The van der Waals surface area contributed by atoms with Gasteiger partial charge in [-0.05, 0) is 12.1 Å². The molecule has 0 spiro atoms. The van der Waals surface area contributed by atoms with Crippen LogP contribution in [0.5, 0.6) is 0 Å². The van der Waals surface area contributed by atoms with Crippen molar-refractivity contribution in [3.05, 3.63) is 34.9 Å². The Balaban J connectivity index is 2.95. The first-order valence-corrected chi connectivity index (χ1v) is 5.28. The molecule has 0 aliphatic rings. The molecule has 4 N–H and O–H groups in total. The summed E-state index contributed by atoms with van der Waals surface area (Å²) in [5.41, 5.74) is 12.3. The average Bonchev–Trinajstić information content (AvgIpc) is 2.29. The normalized spacial score (nSPS) is 11.1. The Labute approximate surface area is 98.2 Å². The topological polar surface area (TPSA) is 99.6 Å². The molecule has 0 amide bonds. The quantitative estimate of drug-likeness (QED) is 0.469. The van der Waals surface area contributed by atoms with Crippen molar-refractivity contribution >= 4 is 17.4 Å². The molecule has 0 radical (unpaired) electrons. The molecule has 0 unspecified atom stereocenters. The maximum atomic E-state index is 8.79. The number of rotatable bonds is 3. The van der Waals surface area contributed by atoms with Gasteiger partial charge in [-0.15, -0.1) is 0 Å². The first-order valence-electron chi connectivity index (χ1n) is 4.47. The smallest absolute Gasteiger partial charge is 0.0985 e. The maximum absolute atomic E-state index is 8.79. The van der Waals surface area contributed by atoms with Gasteiger partial charge in [-0.25, -0.2) is 0 Å². The molecule has 16 heavy (non-hydrogen) atoms. The summed E-state index contributed by atoms with van der Waals surface area (Å²) in [6.07, 6.45) is 0.0159. The fourth-order valence-corrected chi connectivity index (χ4v) is 1.82. The first-order chi connectivity index (χ1) is 7.69. The number of anilines is 1. The van der Waals surface area contributed by atoms with Crippen LogP contribution in [0, 0.1) is 22.7 Å². The number of nitriles is 2. The van der Waals surface area contributed by atoms with Crippen LogP contribution in [-0.4, -0.2) is 0 Å². The van der Waals surface area contributed by atoms with Gasteiger partial charge >= 0.3 is 0 Å². The number of nitrogens with zero attached hydrogens (tertiary/aromatic N) is 2. The summed E-state index contributed by atoms with van der Waals surface area (Å²) in [6, 6.07) is 11.0. The van der Waals surface area contributed by atoms with Crippen molar-refractivity contribution in [3.8, 4) is 12.1 Å². The third-order valence-electron chi connectivity index (χ3n) is 1.83. The molecule has 5 heteroatoms. The standard InChI is InChI=1S/C11H10N4S/c12-6-5-8(7-13)11(15)16-10-4-2-1-3-9(10)14/h1-4H,5,14-15H2. The third-order valence-corrected chi connectivity index (χ3v) is 2.89. The van der Waals surface area contributed by atoms with Crippen molar-refractivity contribution in [2.24, 2.45) is 5.73 Å². The number of allylic oxidation sites excluding steroid dienone is 1. The average molecular weight is 230 g/mol. The van der Waals surface area contributed by atoms with E-state index >= 15 is 0 Å². The van der Waals surface area contributed by atoms with Gasteiger partial charge in [0, 0.05) is 10.6 Å². The monoisotopic (exact) mass is 230 g/mol. The molecule has 0 saturated heterocycles. The van der Waals surface area contributed by atoms with Crippen molar-refractivity contribution in [3.63, 3.8) is 0 Å². The molecule has 0 atom stereocenters. The second-order valence-corrected chi connectivity index (χ2v) is 4.01. The Kier molecular flexibility index (Phi) is 4.26. The van der Waals surface area contributed by atoms with E-state index in [9.17, 15) is 0 Å². The van der Waals surface area contributed by atoms with E-state index in [4.69, 9.17) is 22.0 Å². The summed E-state index contributed by atoms with van der Waals surface area (Å²) < 4.78 is 0. The predicted octanol–water partition coefficient (Wildman–Crippen LogP) is 1.97. The molecular formula is C11H10N4S. The van der Waals surface area contributed by atoms with E-state index in [2.05, 4.69) is 0 Å². The van der Waals surface area contributed by atoms with Crippen LogP contribution in [0.3, 0.4) is 0 Å². The number of benzene rings is 1. The lowest BCUT2D eigenvalue weighted by Gasteiger charge is -2.05. The fourth-order valence-electron chi connectivity index (χ4n) is 1.01. The number of hydrogen-bond acceptors (Lipinski definition) is 5. The number of hydrogen-bond donors (Lipinski definition) is 2. The number of nitrogen functional groups attached to an aromatic ring is 1. The van der Waals surface area contributed by atoms with E-state index in [1.807, 2.05) is 30.3 Å². The zero-order valence-electron chi connectivity index (χ0n) is 8.47. The minimum Gasteiger partial charge on any atom is -0.398 e. The summed E-state index contributed by atoms with van der Waals surface area (Å²) in [4.78, 5) is 0.783. The van der Waals surface area contributed by atoms with E-state index in [-0.39, 0.29) is 12.0 Å². The molecule has 4 nitrogen and oxygen atoms in total. The Morgan fingerprint density at radius 1 is 1.31 bits per heavy atom. The van der Waals surface area contributed by atoms with Crippen molar-refractivity contribution in [2.75, 3.05) is 5.73 Å². The zero-order chi connectivity index (χ0) is 12.0. The zero-order valence-corrected chi connectivity index (χ0v) is 9.29. The molecule has 1 aromatic carbocycles.